The number of hydrogen-bond donors (Lipinski definition) is 0. The van der Waals surface area contributed by atoms with Crippen molar-refractivity contribution >= 4 is 41.9 Å². The minimum atomic E-state index is -2.16. The molecule has 0 radical (unpaired) electrons. The third kappa shape index (κ3) is 8.65. The molecule has 6 heteroatoms. The number of fused-ring (bicyclic) bond motifs is 3. The predicted molar refractivity (Wildman–Crippen MR) is 209 cm³/mol. The minimum absolute atomic E-state index is 0.0113. The van der Waals surface area contributed by atoms with E-state index < -0.39 is 8.32 Å². The number of carbonyl (C=O) groups excluding carboxylic acids is 2. The third-order valence-corrected chi connectivity index (χ3v) is 14.9. The lowest BCUT2D eigenvalue weighted by atomic mass is 9.93. The van der Waals surface area contributed by atoms with Gasteiger partial charge in [0.05, 0.1) is 6.10 Å². The summed E-state index contributed by atoms with van der Waals surface area (Å²) < 4.78 is 13.5. The van der Waals surface area contributed by atoms with Gasteiger partial charge in [-0.25, -0.2) is 0 Å². The highest BCUT2D eigenvalue weighted by Gasteiger charge is 2.39. The first-order valence-electron chi connectivity index (χ1n) is 18.2. The number of nitrogens with zero attached hydrogens (tertiary/aromatic N) is 1. The number of ketones is 1. The Morgan fingerprint density at radius 3 is 1.98 bits per heavy atom. The van der Waals surface area contributed by atoms with Crippen LogP contribution in [0.25, 0.3) is 21.9 Å². The molecule has 0 aliphatic rings. The Bertz CT molecular complexity index is 1920. The van der Waals surface area contributed by atoms with Crippen LogP contribution >= 0.6 is 0 Å². The molecule has 0 saturated carbocycles. The molecule has 0 bridgehead atoms. The van der Waals surface area contributed by atoms with Gasteiger partial charge in [-0.1, -0.05) is 81.4 Å². The maximum atomic E-state index is 13.4. The fraction of sp³-hybridized carbons (Fsp3) is 0.409. The molecule has 5 rings (SSSR count). The van der Waals surface area contributed by atoms with Crippen LogP contribution in [0.3, 0.4) is 0 Å². The molecule has 0 fully saturated rings. The van der Waals surface area contributed by atoms with Crippen molar-refractivity contribution in [1.82, 2.24) is 4.90 Å². The second-order valence-electron chi connectivity index (χ2n) is 15.8. The van der Waals surface area contributed by atoms with Gasteiger partial charge in [-0.2, -0.15) is 0 Å². The highest BCUT2D eigenvalue weighted by atomic mass is 28.4. The standard InChI is InChI=1S/C44H55NO4Si/c1-30(2)45(31(3)4)43(47)26-23-39(46)35-21-24-40-37(27-35)38-28-36(22-25-41(38)48-40)42(49-50(8,9)44(5,6)7)29-34-18-14-13-17-33(34)20-19-32-15-11-10-12-16-32/h10-18,21-22,24-25,27-28,30-31,42H,19-20,23,26,29H2,1-9H3. The second kappa shape index (κ2) is 15.5. The van der Waals surface area contributed by atoms with E-state index in [1.807, 2.05) is 56.9 Å². The molecule has 5 aromatic rings. The van der Waals surface area contributed by atoms with Crippen LogP contribution < -0.4 is 0 Å². The third-order valence-electron chi connectivity index (χ3n) is 10.4. The molecule has 264 valence electrons. The summed E-state index contributed by atoms with van der Waals surface area (Å²) >= 11 is 0. The zero-order valence-corrected chi connectivity index (χ0v) is 32.5. The summed E-state index contributed by atoms with van der Waals surface area (Å²) in [6, 6.07) is 31.6. The van der Waals surface area contributed by atoms with Gasteiger partial charge in [0, 0.05) is 47.7 Å². The first-order valence-corrected chi connectivity index (χ1v) is 21.1. The smallest absolute Gasteiger partial charge is 0.223 e. The number of hydrogen-bond acceptors (Lipinski definition) is 4. The Balaban J connectivity index is 1.46. The maximum Gasteiger partial charge on any atom is 0.223 e. The van der Waals surface area contributed by atoms with Crippen LogP contribution in [0.2, 0.25) is 18.1 Å². The summed E-state index contributed by atoms with van der Waals surface area (Å²) in [6.45, 7) is 19.5. The van der Waals surface area contributed by atoms with Crippen molar-refractivity contribution in [1.29, 1.82) is 0 Å². The van der Waals surface area contributed by atoms with Crippen LogP contribution in [0, 0.1) is 0 Å². The van der Waals surface area contributed by atoms with Gasteiger partial charge in [-0.3, -0.25) is 9.59 Å². The second-order valence-corrected chi connectivity index (χ2v) is 20.6. The summed E-state index contributed by atoms with van der Waals surface area (Å²) in [6.07, 6.45) is 2.94. The quantitative estimate of drug-likeness (QED) is 0.0860. The van der Waals surface area contributed by atoms with E-state index in [4.69, 9.17) is 8.84 Å². The van der Waals surface area contributed by atoms with Gasteiger partial charge in [0.2, 0.25) is 5.91 Å². The molecule has 1 atom stereocenters. The highest BCUT2D eigenvalue weighted by Crippen LogP contribution is 2.42. The lowest BCUT2D eigenvalue weighted by Gasteiger charge is -2.39. The molecule has 1 heterocycles. The largest absolute Gasteiger partial charge is 0.456 e. The summed E-state index contributed by atoms with van der Waals surface area (Å²) in [7, 11) is -2.16. The molecule has 0 spiro atoms. The number of amides is 1. The molecular weight excluding hydrogens is 635 g/mol. The maximum absolute atomic E-state index is 13.4. The van der Waals surface area contributed by atoms with Gasteiger partial charge < -0.3 is 13.7 Å². The molecule has 0 saturated heterocycles. The minimum Gasteiger partial charge on any atom is -0.456 e. The molecule has 50 heavy (non-hydrogen) atoms. The van der Waals surface area contributed by atoms with Crippen molar-refractivity contribution in [3.63, 3.8) is 0 Å². The van der Waals surface area contributed by atoms with Crippen molar-refractivity contribution in [2.24, 2.45) is 0 Å². The summed E-state index contributed by atoms with van der Waals surface area (Å²) in [4.78, 5) is 28.2. The number of furan rings is 1. The van der Waals surface area contributed by atoms with Gasteiger partial charge in [0.25, 0.3) is 0 Å². The van der Waals surface area contributed by atoms with E-state index in [-0.39, 0.29) is 47.8 Å². The van der Waals surface area contributed by atoms with Crippen molar-refractivity contribution in [2.75, 3.05) is 0 Å². The van der Waals surface area contributed by atoms with Gasteiger partial charge in [0.15, 0.2) is 14.1 Å². The first kappa shape index (κ1) is 37.3. The molecule has 0 aliphatic carbocycles. The first-order chi connectivity index (χ1) is 23.6. The van der Waals surface area contributed by atoms with Crippen LogP contribution in [0.15, 0.2) is 95.4 Å². The van der Waals surface area contributed by atoms with Crippen LogP contribution in [-0.4, -0.2) is 37.0 Å². The average molecular weight is 690 g/mol. The van der Waals surface area contributed by atoms with Crippen molar-refractivity contribution in [3.05, 3.63) is 119 Å². The van der Waals surface area contributed by atoms with E-state index in [1.165, 1.54) is 16.7 Å². The van der Waals surface area contributed by atoms with Crippen LogP contribution in [0.4, 0.5) is 0 Å². The van der Waals surface area contributed by atoms with Crippen LogP contribution in [0.1, 0.15) is 100 Å². The SMILES string of the molecule is CC(C)N(C(=O)CCC(=O)c1ccc2oc3ccc(C(Cc4ccccc4CCc4ccccc4)O[Si](C)(C)C(C)(C)C)cc3c2c1)C(C)C. The monoisotopic (exact) mass is 689 g/mol. The Morgan fingerprint density at radius 2 is 1.34 bits per heavy atom. The Morgan fingerprint density at radius 1 is 0.740 bits per heavy atom. The topological polar surface area (TPSA) is 59.8 Å². The van der Waals surface area contributed by atoms with E-state index in [0.717, 1.165) is 46.8 Å². The van der Waals surface area contributed by atoms with Gasteiger partial charge in [-0.05, 0) is 111 Å². The normalized spacial score (nSPS) is 13.0. The zero-order chi connectivity index (χ0) is 36.2. The zero-order valence-electron chi connectivity index (χ0n) is 31.5. The highest BCUT2D eigenvalue weighted by molar-refractivity contribution is 6.74. The van der Waals surface area contributed by atoms with E-state index in [9.17, 15) is 9.59 Å². The summed E-state index contributed by atoms with van der Waals surface area (Å²) in [5, 5.41) is 1.91. The number of aryl methyl sites for hydroxylation is 2. The molecule has 1 unspecified atom stereocenters. The lowest BCUT2D eigenvalue weighted by Crippen LogP contribution is -2.42. The van der Waals surface area contributed by atoms with E-state index in [2.05, 4.69) is 101 Å². The number of Topliss-reactive ketones (excluding diaryl/α,β-unsaturated/α-hetero) is 1. The van der Waals surface area contributed by atoms with Crippen LogP contribution in [-0.2, 0) is 28.5 Å². The molecule has 1 amide bonds. The summed E-state index contributed by atoms with van der Waals surface area (Å²) in [5.74, 6) is -0.0262. The van der Waals surface area contributed by atoms with Crippen LogP contribution in [0.5, 0.6) is 0 Å². The Labute approximate surface area is 300 Å². The van der Waals surface area contributed by atoms with Crippen molar-refractivity contribution in [2.45, 2.75) is 117 Å². The van der Waals surface area contributed by atoms with E-state index in [0.29, 0.717) is 5.56 Å². The van der Waals surface area contributed by atoms with Gasteiger partial charge >= 0.3 is 0 Å². The summed E-state index contributed by atoms with van der Waals surface area (Å²) in [5.41, 5.74) is 7.21. The molecule has 1 aromatic heterocycles. The van der Waals surface area contributed by atoms with Gasteiger partial charge in [-0.15, -0.1) is 0 Å². The van der Waals surface area contributed by atoms with Crippen molar-refractivity contribution in [3.8, 4) is 0 Å². The lowest BCUT2D eigenvalue weighted by molar-refractivity contribution is -0.134. The molecule has 4 aromatic carbocycles. The van der Waals surface area contributed by atoms with Gasteiger partial charge in [0.1, 0.15) is 11.2 Å². The van der Waals surface area contributed by atoms with E-state index >= 15 is 0 Å². The molecule has 0 aliphatic heterocycles. The number of carbonyl (C=O) groups is 2. The fourth-order valence-corrected chi connectivity index (χ4v) is 8.00. The number of benzene rings is 4. The Kier molecular flexibility index (Phi) is 11.5. The molecule has 0 N–H and O–H groups in total. The Hall–Kier alpha value is -4.00. The van der Waals surface area contributed by atoms with E-state index in [1.54, 1.807) is 0 Å². The average Bonchev–Trinajstić information content (AvgIpc) is 3.43. The molecular formula is C44H55NO4Si. The number of rotatable bonds is 14. The fourth-order valence-electron chi connectivity index (χ4n) is 6.72. The molecule has 5 nitrogen and oxygen atoms in total. The predicted octanol–water partition coefficient (Wildman–Crippen LogP) is 11.3. The van der Waals surface area contributed by atoms with Crippen molar-refractivity contribution < 1.29 is 18.4 Å².